The van der Waals surface area contributed by atoms with Gasteiger partial charge in [-0.1, -0.05) is 29.3 Å². The lowest BCUT2D eigenvalue weighted by Crippen LogP contribution is -2.05. The Morgan fingerprint density at radius 2 is 1.80 bits per heavy atom. The van der Waals surface area contributed by atoms with Gasteiger partial charge < -0.3 is 14.9 Å². The number of carbonyl (C=O) groups excluding carboxylic acids is 1. The Morgan fingerprint density at radius 3 is 2.45 bits per heavy atom. The average molecular weight is 313 g/mol. The number of esters is 1. The predicted octanol–water partition coefficient (Wildman–Crippen LogP) is 3.76. The molecule has 2 aromatic rings. The number of carbonyl (C=O) groups is 1. The number of phenolic OH excluding ortho intramolecular Hbond substituents is 2. The molecule has 0 bridgehead atoms. The molecule has 4 nitrogen and oxygen atoms in total. The van der Waals surface area contributed by atoms with Crippen molar-refractivity contribution in [2.45, 2.75) is 6.61 Å². The molecule has 0 aromatic heterocycles. The number of ether oxygens (including phenoxy) is 1. The molecule has 6 heteroatoms. The first-order chi connectivity index (χ1) is 9.47. The van der Waals surface area contributed by atoms with Crippen LogP contribution in [0.15, 0.2) is 36.4 Å². The van der Waals surface area contributed by atoms with Crippen molar-refractivity contribution in [3.8, 4) is 11.5 Å². The molecule has 0 heterocycles. The molecular weight excluding hydrogens is 303 g/mol. The minimum absolute atomic E-state index is 0.0174. The summed E-state index contributed by atoms with van der Waals surface area (Å²) < 4.78 is 5.07. The highest BCUT2D eigenvalue weighted by atomic mass is 35.5. The van der Waals surface area contributed by atoms with Crippen molar-refractivity contribution in [3.63, 3.8) is 0 Å². The van der Waals surface area contributed by atoms with Crippen molar-refractivity contribution in [1.82, 2.24) is 0 Å². The van der Waals surface area contributed by atoms with E-state index in [1.165, 1.54) is 12.1 Å². The quantitative estimate of drug-likeness (QED) is 0.669. The molecule has 2 aromatic carbocycles. The van der Waals surface area contributed by atoms with Gasteiger partial charge in [0.2, 0.25) is 0 Å². The molecule has 0 saturated carbocycles. The Balaban J connectivity index is 2.06. The maximum atomic E-state index is 11.8. The van der Waals surface area contributed by atoms with Gasteiger partial charge in [-0.25, -0.2) is 4.79 Å². The van der Waals surface area contributed by atoms with Crippen LogP contribution in [0.1, 0.15) is 15.9 Å². The summed E-state index contributed by atoms with van der Waals surface area (Å²) in [5, 5.41) is 19.4. The minimum Gasteiger partial charge on any atom is -0.504 e. The summed E-state index contributed by atoms with van der Waals surface area (Å²) in [5.41, 5.74) is 0.748. The molecule has 0 saturated heterocycles. The fraction of sp³-hybridized carbons (Fsp3) is 0.0714. The maximum Gasteiger partial charge on any atom is 0.338 e. The number of hydrogen-bond donors (Lipinski definition) is 2. The molecule has 2 rings (SSSR count). The zero-order valence-electron chi connectivity index (χ0n) is 10.1. The molecule has 20 heavy (non-hydrogen) atoms. The van der Waals surface area contributed by atoms with Crippen LogP contribution in [0, 0.1) is 0 Å². The lowest BCUT2D eigenvalue weighted by atomic mass is 10.2. The van der Waals surface area contributed by atoms with Crippen LogP contribution in [0.3, 0.4) is 0 Å². The molecule has 0 atom stereocenters. The molecule has 0 amide bonds. The number of halogens is 2. The topological polar surface area (TPSA) is 66.8 Å². The lowest BCUT2D eigenvalue weighted by molar-refractivity contribution is 0.0472. The fourth-order valence-corrected chi connectivity index (χ4v) is 1.98. The second-order valence-electron chi connectivity index (χ2n) is 4.02. The second kappa shape index (κ2) is 6.03. The Kier molecular flexibility index (Phi) is 4.37. The number of aromatic hydroxyl groups is 2. The van der Waals surface area contributed by atoms with E-state index in [2.05, 4.69) is 0 Å². The Bertz CT molecular complexity index is 656. The van der Waals surface area contributed by atoms with E-state index >= 15 is 0 Å². The molecule has 0 spiro atoms. The molecular formula is C14H10Cl2O4. The Labute approximate surface area is 125 Å². The first kappa shape index (κ1) is 14.5. The van der Waals surface area contributed by atoms with Crippen LogP contribution in [0.4, 0.5) is 0 Å². The predicted molar refractivity (Wildman–Crippen MR) is 75.4 cm³/mol. The van der Waals surface area contributed by atoms with E-state index in [1.54, 1.807) is 18.2 Å². The fourth-order valence-electron chi connectivity index (χ4n) is 1.52. The number of rotatable bonds is 3. The van der Waals surface area contributed by atoms with Crippen LogP contribution in [-0.4, -0.2) is 16.2 Å². The smallest absolute Gasteiger partial charge is 0.338 e. The highest BCUT2D eigenvalue weighted by Gasteiger charge is 2.11. The number of phenols is 2. The minimum atomic E-state index is -0.633. The third kappa shape index (κ3) is 3.35. The molecule has 0 unspecified atom stereocenters. The van der Waals surface area contributed by atoms with Gasteiger partial charge in [-0.05, 0) is 30.3 Å². The van der Waals surface area contributed by atoms with E-state index < -0.39 is 5.97 Å². The van der Waals surface area contributed by atoms with Crippen molar-refractivity contribution in [2.75, 3.05) is 0 Å². The zero-order valence-corrected chi connectivity index (χ0v) is 11.6. The Hall–Kier alpha value is -1.91. The van der Waals surface area contributed by atoms with E-state index in [-0.39, 0.29) is 23.7 Å². The SMILES string of the molecule is O=C(OCc1ccc(Cl)cc1Cl)c1ccc(O)c(O)c1. The summed E-state index contributed by atoms with van der Waals surface area (Å²) >= 11 is 11.7. The van der Waals surface area contributed by atoms with Gasteiger partial charge in [-0.2, -0.15) is 0 Å². The van der Waals surface area contributed by atoms with Crippen LogP contribution >= 0.6 is 23.2 Å². The van der Waals surface area contributed by atoms with Gasteiger partial charge in [0, 0.05) is 15.6 Å². The van der Waals surface area contributed by atoms with Crippen LogP contribution in [0.25, 0.3) is 0 Å². The van der Waals surface area contributed by atoms with Crippen molar-refractivity contribution < 1.29 is 19.7 Å². The number of hydrogen-bond acceptors (Lipinski definition) is 4. The number of benzene rings is 2. The van der Waals surface area contributed by atoms with Crippen molar-refractivity contribution >= 4 is 29.2 Å². The van der Waals surface area contributed by atoms with Gasteiger partial charge >= 0.3 is 5.97 Å². The molecule has 2 N–H and O–H groups in total. The highest BCUT2D eigenvalue weighted by Crippen LogP contribution is 2.26. The van der Waals surface area contributed by atoms with Gasteiger partial charge in [0.05, 0.1) is 5.56 Å². The lowest BCUT2D eigenvalue weighted by Gasteiger charge is -2.07. The largest absolute Gasteiger partial charge is 0.504 e. The van der Waals surface area contributed by atoms with Crippen LogP contribution in [-0.2, 0) is 11.3 Å². The summed E-state index contributed by atoms with van der Waals surface area (Å²) in [6.45, 7) is -0.0174. The first-order valence-electron chi connectivity index (χ1n) is 5.60. The van der Waals surface area contributed by atoms with Gasteiger partial charge in [-0.3, -0.25) is 0 Å². The average Bonchev–Trinajstić information content (AvgIpc) is 2.40. The summed E-state index contributed by atoms with van der Waals surface area (Å²) in [4.78, 5) is 11.8. The molecule has 0 aliphatic carbocycles. The summed E-state index contributed by atoms with van der Waals surface area (Å²) in [6, 6.07) is 8.54. The van der Waals surface area contributed by atoms with E-state index in [4.69, 9.17) is 33.0 Å². The van der Waals surface area contributed by atoms with Crippen molar-refractivity contribution in [3.05, 3.63) is 57.6 Å². The van der Waals surface area contributed by atoms with Crippen LogP contribution < -0.4 is 0 Å². The molecule has 0 fully saturated rings. The zero-order chi connectivity index (χ0) is 14.7. The van der Waals surface area contributed by atoms with E-state index in [1.807, 2.05) is 0 Å². The third-order valence-electron chi connectivity index (χ3n) is 2.58. The van der Waals surface area contributed by atoms with E-state index in [0.717, 1.165) is 6.07 Å². The van der Waals surface area contributed by atoms with E-state index in [9.17, 15) is 9.90 Å². The van der Waals surface area contributed by atoms with Gasteiger partial charge in [-0.15, -0.1) is 0 Å². The van der Waals surface area contributed by atoms with Gasteiger partial charge in [0.1, 0.15) is 6.61 Å². The molecule has 0 aliphatic heterocycles. The second-order valence-corrected chi connectivity index (χ2v) is 4.86. The summed E-state index contributed by atoms with van der Waals surface area (Å²) in [6.07, 6.45) is 0. The van der Waals surface area contributed by atoms with Gasteiger partial charge in [0.25, 0.3) is 0 Å². The summed E-state index contributed by atoms with van der Waals surface area (Å²) in [7, 11) is 0. The summed E-state index contributed by atoms with van der Waals surface area (Å²) in [5.74, 6) is -1.32. The van der Waals surface area contributed by atoms with Gasteiger partial charge in [0.15, 0.2) is 11.5 Å². The standard InChI is InChI=1S/C14H10Cl2O4/c15-10-3-1-9(11(16)6-10)7-20-14(19)8-2-4-12(17)13(18)5-8/h1-6,17-18H,7H2. The molecule has 0 aliphatic rings. The highest BCUT2D eigenvalue weighted by molar-refractivity contribution is 6.35. The maximum absolute atomic E-state index is 11.8. The third-order valence-corrected chi connectivity index (χ3v) is 3.17. The molecule has 0 radical (unpaired) electrons. The van der Waals surface area contributed by atoms with Crippen molar-refractivity contribution in [1.29, 1.82) is 0 Å². The van der Waals surface area contributed by atoms with Crippen LogP contribution in [0.2, 0.25) is 10.0 Å². The van der Waals surface area contributed by atoms with Crippen molar-refractivity contribution in [2.24, 2.45) is 0 Å². The van der Waals surface area contributed by atoms with E-state index in [0.29, 0.717) is 15.6 Å². The molecule has 104 valence electrons. The Morgan fingerprint density at radius 1 is 1.05 bits per heavy atom. The normalized spacial score (nSPS) is 10.3. The first-order valence-corrected chi connectivity index (χ1v) is 6.36. The van der Waals surface area contributed by atoms with Crippen LogP contribution in [0.5, 0.6) is 11.5 Å². The monoisotopic (exact) mass is 312 g/mol.